The molecule has 3 amide bonds. The van der Waals surface area contributed by atoms with Gasteiger partial charge in [0.2, 0.25) is 11.8 Å². The zero-order chi connectivity index (χ0) is 28.2. The fourth-order valence-corrected chi connectivity index (χ4v) is 7.37. The molecule has 4 heterocycles. The Morgan fingerprint density at radius 3 is 2.42 bits per heavy atom. The number of ether oxygens (including phenoxy) is 1. The van der Waals surface area contributed by atoms with Crippen molar-refractivity contribution in [2.24, 2.45) is 11.8 Å². The van der Waals surface area contributed by atoms with Crippen LogP contribution in [-0.2, 0) is 19.1 Å². The van der Waals surface area contributed by atoms with Gasteiger partial charge in [-0.15, -0.1) is 0 Å². The smallest absolute Gasteiger partial charge is 0.253 e. The number of aliphatic hydroxyl groups excluding tert-OH is 1. The summed E-state index contributed by atoms with van der Waals surface area (Å²) < 4.78 is 6.88. The van der Waals surface area contributed by atoms with E-state index < -0.39 is 35.1 Å². The van der Waals surface area contributed by atoms with Crippen LogP contribution in [0.5, 0.6) is 0 Å². The molecule has 1 unspecified atom stereocenters. The van der Waals surface area contributed by atoms with Crippen LogP contribution in [0.25, 0.3) is 10.8 Å². The lowest BCUT2D eigenvalue weighted by Crippen LogP contribution is -2.58. The Morgan fingerprint density at radius 2 is 1.70 bits per heavy atom. The summed E-state index contributed by atoms with van der Waals surface area (Å²) in [4.78, 5) is 48.1. The summed E-state index contributed by atoms with van der Waals surface area (Å²) in [5.41, 5.74) is -1.66. The van der Waals surface area contributed by atoms with Crippen molar-refractivity contribution in [1.29, 1.82) is 0 Å². The van der Waals surface area contributed by atoms with Crippen molar-refractivity contribution in [2.75, 3.05) is 31.1 Å². The number of benzene rings is 2. The summed E-state index contributed by atoms with van der Waals surface area (Å²) in [5.74, 6) is -2.37. The molecule has 2 aromatic rings. The topological polar surface area (TPSA) is 90.4 Å². The number of amides is 3. The lowest BCUT2D eigenvalue weighted by Gasteiger charge is -2.40. The number of fused-ring (bicyclic) bond motifs is 3. The maximum atomic E-state index is 14.6. The highest BCUT2D eigenvalue weighted by Gasteiger charge is 2.75. The first-order chi connectivity index (χ1) is 19.3. The third-order valence-corrected chi connectivity index (χ3v) is 9.19. The Morgan fingerprint density at radius 1 is 0.950 bits per heavy atom. The molecule has 8 heteroatoms. The van der Waals surface area contributed by atoms with Crippen molar-refractivity contribution in [3.63, 3.8) is 0 Å². The summed E-state index contributed by atoms with van der Waals surface area (Å²) in [5, 5.41) is 12.4. The monoisotopic (exact) mass is 543 g/mol. The maximum absolute atomic E-state index is 14.6. The molecule has 2 fully saturated rings. The molecule has 1 spiro atoms. The first kappa shape index (κ1) is 26.7. The summed E-state index contributed by atoms with van der Waals surface area (Å²) in [6, 6.07) is 12.3. The molecule has 2 saturated heterocycles. The summed E-state index contributed by atoms with van der Waals surface area (Å²) in [6.45, 7) is 6.82. The maximum Gasteiger partial charge on any atom is 0.253 e. The van der Waals surface area contributed by atoms with Gasteiger partial charge in [0.25, 0.3) is 5.91 Å². The van der Waals surface area contributed by atoms with Crippen molar-refractivity contribution in [1.82, 2.24) is 9.80 Å². The third kappa shape index (κ3) is 3.76. The van der Waals surface area contributed by atoms with Gasteiger partial charge in [0.05, 0.1) is 30.1 Å². The van der Waals surface area contributed by atoms with Gasteiger partial charge in [0.1, 0.15) is 11.6 Å². The molecule has 210 valence electrons. The van der Waals surface area contributed by atoms with Crippen LogP contribution in [-0.4, -0.2) is 82.2 Å². The van der Waals surface area contributed by atoms with Gasteiger partial charge in [0.15, 0.2) is 0 Å². The molecule has 0 bridgehead atoms. The molecule has 0 radical (unpaired) electrons. The van der Waals surface area contributed by atoms with Crippen LogP contribution in [0.3, 0.4) is 0 Å². The number of hydrogen-bond acceptors (Lipinski definition) is 5. The molecule has 40 heavy (non-hydrogen) atoms. The quantitative estimate of drug-likeness (QED) is 0.565. The predicted octanol–water partition coefficient (Wildman–Crippen LogP) is 3.29. The minimum Gasteiger partial charge on any atom is -0.394 e. The molecule has 4 aliphatic rings. The number of carbonyl (C=O) groups excluding carboxylic acids is 3. The number of nitrogens with zero attached hydrogens (tertiary/aromatic N) is 3. The fourth-order valence-electron chi connectivity index (χ4n) is 7.37. The number of aliphatic hydroxyl groups is 1. The van der Waals surface area contributed by atoms with Crippen LogP contribution < -0.4 is 4.90 Å². The molecule has 0 aliphatic carbocycles. The molecular formula is C32H37N3O5. The van der Waals surface area contributed by atoms with Crippen molar-refractivity contribution in [3.05, 3.63) is 66.8 Å². The van der Waals surface area contributed by atoms with E-state index in [4.69, 9.17) is 4.74 Å². The SMILES string of the molecule is CCCN1CC=C[C@@]2(C)O[C@]34C=CCN(c5ccc6ccccc6c5)C(=O)C3N([C@@H](CC)CO)C(=O)[C@@H]4[C@H]2C1=O. The van der Waals surface area contributed by atoms with Gasteiger partial charge >= 0.3 is 0 Å². The summed E-state index contributed by atoms with van der Waals surface area (Å²) in [6.07, 6.45) is 8.85. The highest BCUT2D eigenvalue weighted by molar-refractivity contribution is 6.06. The Balaban J connectivity index is 1.49. The average Bonchev–Trinajstić information content (AvgIpc) is 3.22. The molecule has 6 atom stereocenters. The van der Waals surface area contributed by atoms with Gasteiger partial charge in [-0.3, -0.25) is 14.4 Å². The van der Waals surface area contributed by atoms with E-state index in [0.717, 1.165) is 22.9 Å². The molecule has 0 aromatic heterocycles. The Kier molecular flexibility index (Phi) is 6.58. The lowest BCUT2D eigenvalue weighted by molar-refractivity contribution is -0.151. The second-order valence-electron chi connectivity index (χ2n) is 11.6. The number of anilines is 1. The Bertz CT molecular complexity index is 1420. The first-order valence-electron chi connectivity index (χ1n) is 14.4. The zero-order valence-electron chi connectivity index (χ0n) is 23.3. The highest BCUT2D eigenvalue weighted by Crippen LogP contribution is 2.58. The van der Waals surface area contributed by atoms with Crippen LogP contribution in [0.15, 0.2) is 66.8 Å². The second-order valence-corrected chi connectivity index (χ2v) is 11.6. The van der Waals surface area contributed by atoms with Crippen LogP contribution in [0.4, 0.5) is 5.69 Å². The second kappa shape index (κ2) is 9.85. The fraction of sp³-hybridized carbons (Fsp3) is 0.469. The van der Waals surface area contributed by atoms with E-state index in [0.29, 0.717) is 26.1 Å². The molecule has 0 saturated carbocycles. The standard InChI is InChI=1S/C32H37N3O5/c1-4-16-33-17-8-14-31(3)25(28(33)37)26-29(38)35(23(5-2)20-36)27-30(39)34(18-9-15-32(26,27)40-31)24-13-12-21-10-6-7-11-22(21)19-24/h6-15,19,23,25-27,36H,4-5,16-18,20H2,1-3H3/t23-,25-,26-,27?,31+,32-/m0/s1. The predicted molar refractivity (Wildman–Crippen MR) is 152 cm³/mol. The van der Waals surface area contributed by atoms with E-state index in [9.17, 15) is 19.5 Å². The van der Waals surface area contributed by atoms with Gasteiger partial charge in [-0.1, -0.05) is 68.5 Å². The Labute approximate surface area is 234 Å². The van der Waals surface area contributed by atoms with Crippen molar-refractivity contribution in [3.8, 4) is 0 Å². The number of hydrogen-bond donors (Lipinski definition) is 1. The molecular weight excluding hydrogens is 506 g/mol. The van der Waals surface area contributed by atoms with Gasteiger partial charge in [-0.2, -0.15) is 0 Å². The number of carbonyl (C=O) groups is 3. The van der Waals surface area contributed by atoms with E-state index in [-0.39, 0.29) is 24.3 Å². The van der Waals surface area contributed by atoms with E-state index >= 15 is 0 Å². The van der Waals surface area contributed by atoms with Crippen molar-refractivity contribution < 1.29 is 24.2 Å². The van der Waals surface area contributed by atoms with Gasteiger partial charge < -0.3 is 24.5 Å². The van der Waals surface area contributed by atoms with Crippen LogP contribution in [0.2, 0.25) is 0 Å². The van der Waals surface area contributed by atoms with E-state index in [1.165, 1.54) is 4.90 Å². The van der Waals surface area contributed by atoms with E-state index in [1.807, 2.05) is 87.5 Å². The minimum atomic E-state index is -1.34. The van der Waals surface area contributed by atoms with Crippen molar-refractivity contribution >= 4 is 34.2 Å². The summed E-state index contributed by atoms with van der Waals surface area (Å²) in [7, 11) is 0. The molecule has 1 N–H and O–H groups in total. The molecule has 8 nitrogen and oxygen atoms in total. The molecule has 2 aromatic carbocycles. The minimum absolute atomic E-state index is 0.126. The van der Waals surface area contributed by atoms with Crippen molar-refractivity contribution in [2.45, 2.75) is 56.9 Å². The van der Waals surface area contributed by atoms with E-state index in [2.05, 4.69) is 0 Å². The van der Waals surface area contributed by atoms with Crippen LogP contribution in [0, 0.1) is 11.8 Å². The summed E-state index contributed by atoms with van der Waals surface area (Å²) >= 11 is 0. The first-order valence-corrected chi connectivity index (χ1v) is 14.4. The normalized spacial score (nSPS) is 32.2. The van der Waals surface area contributed by atoms with Crippen LogP contribution in [0.1, 0.15) is 33.6 Å². The van der Waals surface area contributed by atoms with Gasteiger partial charge in [-0.05, 0) is 42.7 Å². The van der Waals surface area contributed by atoms with Crippen LogP contribution >= 0.6 is 0 Å². The zero-order valence-corrected chi connectivity index (χ0v) is 23.3. The van der Waals surface area contributed by atoms with Gasteiger partial charge in [-0.25, -0.2) is 0 Å². The highest BCUT2D eigenvalue weighted by atomic mass is 16.5. The largest absolute Gasteiger partial charge is 0.394 e. The average molecular weight is 544 g/mol. The number of likely N-dealkylation sites (tertiary alicyclic amines) is 1. The Hall–Kier alpha value is -3.49. The van der Waals surface area contributed by atoms with Gasteiger partial charge in [0, 0.05) is 25.3 Å². The third-order valence-electron chi connectivity index (χ3n) is 9.19. The lowest BCUT2D eigenvalue weighted by atomic mass is 9.74. The molecule has 6 rings (SSSR count). The molecule has 4 aliphatic heterocycles. The van der Waals surface area contributed by atoms with E-state index in [1.54, 1.807) is 9.80 Å². The number of rotatable bonds is 6.